The van der Waals surface area contributed by atoms with E-state index < -0.39 is 5.97 Å². The number of carbonyl (C=O) groups is 2. The maximum absolute atomic E-state index is 12.0. The number of rotatable bonds is 6. The van der Waals surface area contributed by atoms with Gasteiger partial charge in [0.25, 0.3) is 0 Å². The monoisotopic (exact) mass is 404 g/mol. The van der Waals surface area contributed by atoms with E-state index in [-0.39, 0.29) is 22.9 Å². The molecule has 2 rings (SSSR count). The molecule has 0 saturated carbocycles. The second-order valence-corrected chi connectivity index (χ2v) is 6.75. The molecular formula is C17H13BrN2O3S. The summed E-state index contributed by atoms with van der Waals surface area (Å²) in [5.41, 5.74) is 1.92. The van der Waals surface area contributed by atoms with Gasteiger partial charge in [-0.25, -0.2) is 4.79 Å². The third-order valence-electron chi connectivity index (χ3n) is 3.07. The van der Waals surface area contributed by atoms with Crippen LogP contribution in [0.25, 0.3) is 0 Å². The van der Waals surface area contributed by atoms with Gasteiger partial charge < -0.3 is 10.4 Å². The smallest absolute Gasteiger partial charge is 0.337 e. The highest BCUT2D eigenvalue weighted by molar-refractivity contribution is 9.10. The number of thioether (sulfide) groups is 1. The minimum absolute atomic E-state index is 0.0369. The minimum atomic E-state index is -1.10. The van der Waals surface area contributed by atoms with Crippen LogP contribution >= 0.6 is 27.7 Å². The van der Waals surface area contributed by atoms with Crippen LogP contribution in [-0.4, -0.2) is 22.7 Å². The Morgan fingerprint density at radius 1 is 1.21 bits per heavy atom. The van der Waals surface area contributed by atoms with Crippen LogP contribution in [0.15, 0.2) is 46.9 Å². The van der Waals surface area contributed by atoms with Gasteiger partial charge in [0.2, 0.25) is 5.91 Å². The molecule has 0 fully saturated rings. The number of aromatic carboxylic acids is 1. The van der Waals surface area contributed by atoms with Crippen LogP contribution in [0.1, 0.15) is 21.5 Å². The summed E-state index contributed by atoms with van der Waals surface area (Å²) in [6.07, 6.45) is 0. The van der Waals surface area contributed by atoms with Gasteiger partial charge in [-0.3, -0.25) is 4.79 Å². The number of hydrogen-bond acceptors (Lipinski definition) is 4. The van der Waals surface area contributed by atoms with Crippen LogP contribution in [0.5, 0.6) is 0 Å². The van der Waals surface area contributed by atoms with E-state index >= 15 is 0 Å². The summed E-state index contributed by atoms with van der Waals surface area (Å²) in [4.78, 5) is 23.2. The van der Waals surface area contributed by atoms with Crippen LogP contribution in [0, 0.1) is 11.3 Å². The largest absolute Gasteiger partial charge is 0.478 e. The first-order valence-electron chi connectivity index (χ1n) is 6.89. The van der Waals surface area contributed by atoms with Crippen molar-refractivity contribution in [1.82, 2.24) is 0 Å². The fraction of sp³-hybridized carbons (Fsp3) is 0.118. The topological polar surface area (TPSA) is 90.2 Å². The van der Waals surface area contributed by atoms with Gasteiger partial charge in [0.1, 0.15) is 0 Å². The number of halogens is 1. The first kappa shape index (κ1) is 18.0. The number of nitrogens with zero attached hydrogens (tertiary/aromatic N) is 1. The highest BCUT2D eigenvalue weighted by Gasteiger charge is 2.13. The van der Waals surface area contributed by atoms with Crippen molar-refractivity contribution in [2.45, 2.75) is 5.75 Å². The minimum Gasteiger partial charge on any atom is -0.478 e. The highest BCUT2D eigenvalue weighted by Crippen LogP contribution is 2.22. The number of carbonyl (C=O) groups excluding carboxylic acids is 1. The molecule has 0 saturated heterocycles. The maximum atomic E-state index is 12.0. The third kappa shape index (κ3) is 5.11. The molecule has 0 spiro atoms. The molecule has 2 aromatic rings. The first-order valence-corrected chi connectivity index (χ1v) is 8.84. The van der Waals surface area contributed by atoms with E-state index in [0.29, 0.717) is 15.8 Å². The van der Waals surface area contributed by atoms with Crippen molar-refractivity contribution in [3.05, 3.63) is 63.6 Å². The van der Waals surface area contributed by atoms with Crippen molar-refractivity contribution in [2.24, 2.45) is 0 Å². The Labute approximate surface area is 151 Å². The average Bonchev–Trinajstić information content (AvgIpc) is 2.57. The number of nitrogens with one attached hydrogen (secondary N) is 1. The predicted octanol–water partition coefficient (Wildman–Crippen LogP) is 3.89. The summed E-state index contributed by atoms with van der Waals surface area (Å²) < 4.78 is 0.632. The summed E-state index contributed by atoms with van der Waals surface area (Å²) in [5, 5.41) is 20.5. The number of hydrogen-bond donors (Lipinski definition) is 2. The molecule has 0 aliphatic rings. The number of amides is 1. The summed E-state index contributed by atoms with van der Waals surface area (Å²) in [6.45, 7) is 0. The number of carboxylic acids is 1. The van der Waals surface area contributed by atoms with Crippen molar-refractivity contribution < 1.29 is 14.7 Å². The quantitative estimate of drug-likeness (QED) is 0.761. The van der Waals surface area contributed by atoms with Crippen LogP contribution in [0.2, 0.25) is 0 Å². The zero-order valence-electron chi connectivity index (χ0n) is 12.5. The Hall–Kier alpha value is -2.30. The first-order chi connectivity index (χ1) is 11.5. The molecule has 2 aromatic carbocycles. The summed E-state index contributed by atoms with van der Waals surface area (Å²) in [5.74, 6) is -0.532. The molecule has 5 nitrogen and oxygen atoms in total. The number of carboxylic acid groups (broad SMARTS) is 1. The van der Waals surface area contributed by atoms with Crippen LogP contribution in [0.4, 0.5) is 5.69 Å². The highest BCUT2D eigenvalue weighted by atomic mass is 79.9. The van der Waals surface area contributed by atoms with Crippen LogP contribution < -0.4 is 5.32 Å². The van der Waals surface area contributed by atoms with Gasteiger partial charge in [-0.05, 0) is 35.9 Å². The zero-order valence-corrected chi connectivity index (χ0v) is 14.9. The van der Waals surface area contributed by atoms with Gasteiger partial charge >= 0.3 is 5.97 Å². The van der Waals surface area contributed by atoms with E-state index in [4.69, 9.17) is 5.26 Å². The molecule has 0 aromatic heterocycles. The number of nitriles is 1. The van der Waals surface area contributed by atoms with Gasteiger partial charge in [-0.1, -0.05) is 28.1 Å². The molecule has 24 heavy (non-hydrogen) atoms. The van der Waals surface area contributed by atoms with Gasteiger partial charge in [0.15, 0.2) is 0 Å². The molecular weight excluding hydrogens is 392 g/mol. The fourth-order valence-electron chi connectivity index (χ4n) is 1.93. The van der Waals surface area contributed by atoms with E-state index in [9.17, 15) is 14.7 Å². The summed E-state index contributed by atoms with van der Waals surface area (Å²) in [7, 11) is 0. The molecule has 0 bridgehead atoms. The molecule has 0 unspecified atom stereocenters. The molecule has 0 radical (unpaired) electrons. The molecule has 122 valence electrons. The summed E-state index contributed by atoms with van der Waals surface area (Å²) >= 11 is 4.62. The van der Waals surface area contributed by atoms with Gasteiger partial charge in [0, 0.05) is 10.2 Å². The second-order valence-electron chi connectivity index (χ2n) is 4.84. The van der Waals surface area contributed by atoms with Crippen molar-refractivity contribution in [1.29, 1.82) is 5.26 Å². The average molecular weight is 405 g/mol. The Bertz CT molecular complexity index is 800. The molecule has 7 heteroatoms. The lowest BCUT2D eigenvalue weighted by Crippen LogP contribution is -2.16. The molecule has 0 heterocycles. The van der Waals surface area contributed by atoms with E-state index in [1.54, 1.807) is 24.3 Å². The zero-order chi connectivity index (χ0) is 17.5. The standard InChI is InChI=1S/C17H13BrN2O3S/c18-13-5-6-15(14(7-13)17(22)23)20-16(21)10-24-9-12-3-1-11(8-19)2-4-12/h1-7H,9-10H2,(H,20,21)(H,22,23). The van der Waals surface area contributed by atoms with E-state index in [2.05, 4.69) is 27.3 Å². The lowest BCUT2D eigenvalue weighted by atomic mass is 10.2. The summed E-state index contributed by atoms with van der Waals surface area (Å²) in [6, 6.07) is 13.9. The Morgan fingerprint density at radius 3 is 2.54 bits per heavy atom. The molecule has 1 amide bonds. The number of anilines is 1. The predicted molar refractivity (Wildman–Crippen MR) is 97.1 cm³/mol. The maximum Gasteiger partial charge on any atom is 0.337 e. The SMILES string of the molecule is N#Cc1ccc(CSCC(=O)Nc2ccc(Br)cc2C(=O)O)cc1. The Morgan fingerprint density at radius 2 is 1.92 bits per heavy atom. The van der Waals surface area contributed by atoms with Crippen molar-refractivity contribution in [3.63, 3.8) is 0 Å². The lowest BCUT2D eigenvalue weighted by molar-refractivity contribution is -0.113. The third-order valence-corrected chi connectivity index (χ3v) is 4.57. The molecule has 2 N–H and O–H groups in total. The van der Waals surface area contributed by atoms with E-state index in [1.165, 1.54) is 17.8 Å². The molecule has 0 aliphatic heterocycles. The van der Waals surface area contributed by atoms with E-state index in [1.807, 2.05) is 12.1 Å². The Kier molecular flexibility index (Phi) is 6.41. The van der Waals surface area contributed by atoms with E-state index in [0.717, 1.165) is 5.56 Å². The molecule has 0 aliphatic carbocycles. The van der Waals surface area contributed by atoms with Gasteiger partial charge in [-0.15, -0.1) is 11.8 Å². The van der Waals surface area contributed by atoms with Gasteiger partial charge in [-0.2, -0.15) is 5.26 Å². The Balaban J connectivity index is 1.89. The van der Waals surface area contributed by atoms with Crippen LogP contribution in [0.3, 0.4) is 0 Å². The van der Waals surface area contributed by atoms with Crippen molar-refractivity contribution in [3.8, 4) is 6.07 Å². The van der Waals surface area contributed by atoms with Crippen molar-refractivity contribution in [2.75, 3.05) is 11.1 Å². The fourth-order valence-corrected chi connectivity index (χ4v) is 3.07. The molecule has 0 atom stereocenters. The lowest BCUT2D eigenvalue weighted by Gasteiger charge is -2.09. The second kappa shape index (κ2) is 8.52. The number of benzene rings is 2. The normalized spacial score (nSPS) is 10.0. The van der Waals surface area contributed by atoms with Crippen molar-refractivity contribution >= 4 is 45.3 Å². The van der Waals surface area contributed by atoms with Crippen LogP contribution in [-0.2, 0) is 10.5 Å². The van der Waals surface area contributed by atoms with Gasteiger partial charge in [0.05, 0.1) is 28.6 Å².